The van der Waals surface area contributed by atoms with Crippen molar-refractivity contribution in [3.05, 3.63) is 65.5 Å². The molecule has 0 bridgehead atoms. The van der Waals surface area contributed by atoms with Gasteiger partial charge in [-0.2, -0.15) is 0 Å². The minimum atomic E-state index is 0.289. The molecule has 0 saturated carbocycles. The Balaban J connectivity index is 1.86. The molecule has 2 aromatic rings. The minimum Gasteiger partial charge on any atom is -0.299 e. The summed E-state index contributed by atoms with van der Waals surface area (Å²) in [6, 6.07) is 12.0. The van der Waals surface area contributed by atoms with Crippen molar-refractivity contribution in [3.8, 4) is 0 Å². The molecule has 0 fully saturated rings. The molecule has 92 valence electrons. The molecular weight excluding hydrogens is 222 g/mol. The topological polar surface area (TPSA) is 30.0 Å². The van der Waals surface area contributed by atoms with Crippen molar-refractivity contribution in [1.29, 1.82) is 0 Å². The second-order valence-corrected chi connectivity index (χ2v) is 4.56. The summed E-state index contributed by atoms with van der Waals surface area (Å²) in [6.45, 7) is 2.05. The van der Waals surface area contributed by atoms with E-state index in [9.17, 15) is 4.79 Å². The maximum Gasteiger partial charge on any atom is 0.137 e. The summed E-state index contributed by atoms with van der Waals surface area (Å²) in [5, 5.41) is 0. The zero-order valence-corrected chi connectivity index (χ0v) is 10.6. The summed E-state index contributed by atoms with van der Waals surface area (Å²) in [6.07, 6.45) is 5.46. The molecule has 0 spiro atoms. The molecule has 1 heterocycles. The zero-order chi connectivity index (χ0) is 12.8. The lowest BCUT2D eigenvalue weighted by Crippen LogP contribution is -2.04. The van der Waals surface area contributed by atoms with Gasteiger partial charge in [0.1, 0.15) is 5.78 Å². The molecule has 18 heavy (non-hydrogen) atoms. The molecule has 0 aliphatic heterocycles. The lowest BCUT2D eigenvalue weighted by Gasteiger charge is -2.03. The number of aromatic nitrogens is 1. The molecule has 2 nitrogen and oxygen atoms in total. The van der Waals surface area contributed by atoms with Crippen LogP contribution in [0.25, 0.3) is 0 Å². The van der Waals surface area contributed by atoms with Gasteiger partial charge in [-0.1, -0.05) is 29.8 Å². The van der Waals surface area contributed by atoms with Gasteiger partial charge in [-0.05, 0) is 36.6 Å². The predicted molar refractivity (Wildman–Crippen MR) is 72.4 cm³/mol. The van der Waals surface area contributed by atoms with Crippen LogP contribution in [0.4, 0.5) is 0 Å². The van der Waals surface area contributed by atoms with Gasteiger partial charge < -0.3 is 0 Å². The molecule has 0 unspecified atom stereocenters. The quantitative estimate of drug-likeness (QED) is 0.802. The van der Waals surface area contributed by atoms with Crippen molar-refractivity contribution in [2.45, 2.75) is 26.2 Å². The number of pyridine rings is 1. The molecule has 2 heteroatoms. The second kappa shape index (κ2) is 6.10. The van der Waals surface area contributed by atoms with Crippen molar-refractivity contribution in [3.63, 3.8) is 0 Å². The van der Waals surface area contributed by atoms with Crippen molar-refractivity contribution in [2.75, 3.05) is 0 Å². The van der Waals surface area contributed by atoms with Gasteiger partial charge in [-0.3, -0.25) is 9.78 Å². The minimum absolute atomic E-state index is 0.289. The highest BCUT2D eigenvalue weighted by Crippen LogP contribution is 2.08. The van der Waals surface area contributed by atoms with Crippen LogP contribution in [0.1, 0.15) is 23.1 Å². The second-order valence-electron chi connectivity index (χ2n) is 4.56. The number of ketones is 1. The van der Waals surface area contributed by atoms with Crippen LogP contribution in [0.3, 0.4) is 0 Å². The highest BCUT2D eigenvalue weighted by molar-refractivity contribution is 5.81. The summed E-state index contributed by atoms with van der Waals surface area (Å²) in [4.78, 5) is 15.8. The molecule has 2 rings (SSSR count). The van der Waals surface area contributed by atoms with Crippen LogP contribution >= 0.6 is 0 Å². The number of benzene rings is 1. The van der Waals surface area contributed by atoms with Crippen LogP contribution in [0.2, 0.25) is 0 Å². The van der Waals surface area contributed by atoms with Gasteiger partial charge >= 0.3 is 0 Å². The van der Waals surface area contributed by atoms with E-state index in [0.29, 0.717) is 12.8 Å². The van der Waals surface area contributed by atoms with E-state index in [1.165, 1.54) is 11.1 Å². The van der Waals surface area contributed by atoms with Crippen molar-refractivity contribution < 1.29 is 4.79 Å². The fraction of sp³-hybridized carbons (Fsp3) is 0.250. The van der Waals surface area contributed by atoms with Crippen molar-refractivity contribution >= 4 is 5.78 Å². The smallest absolute Gasteiger partial charge is 0.137 e. The predicted octanol–water partition coefficient (Wildman–Crippen LogP) is 3.13. The lowest BCUT2D eigenvalue weighted by atomic mass is 10.0. The van der Waals surface area contributed by atoms with Crippen LogP contribution in [-0.2, 0) is 17.6 Å². The summed E-state index contributed by atoms with van der Waals surface area (Å²) in [7, 11) is 0. The van der Waals surface area contributed by atoms with Gasteiger partial charge in [0.05, 0.1) is 0 Å². The van der Waals surface area contributed by atoms with E-state index in [-0.39, 0.29) is 5.78 Å². The molecule has 0 saturated heterocycles. The number of nitrogens with zero attached hydrogens (tertiary/aromatic N) is 1. The fourth-order valence-corrected chi connectivity index (χ4v) is 1.97. The van der Waals surface area contributed by atoms with Crippen LogP contribution in [-0.4, -0.2) is 10.8 Å². The SMILES string of the molecule is Cc1cccc(CC(=O)CCc2ccncc2)c1. The molecule has 0 atom stereocenters. The maximum absolute atomic E-state index is 11.9. The summed E-state index contributed by atoms with van der Waals surface area (Å²) in [5.74, 6) is 0.289. The summed E-state index contributed by atoms with van der Waals surface area (Å²) in [5.41, 5.74) is 3.48. The van der Waals surface area contributed by atoms with Crippen LogP contribution in [0, 0.1) is 6.92 Å². The van der Waals surface area contributed by atoms with E-state index < -0.39 is 0 Å². The Morgan fingerprint density at radius 1 is 1.11 bits per heavy atom. The fourth-order valence-electron chi connectivity index (χ4n) is 1.97. The van der Waals surface area contributed by atoms with E-state index in [4.69, 9.17) is 0 Å². The Kier molecular flexibility index (Phi) is 4.24. The maximum atomic E-state index is 11.9. The van der Waals surface area contributed by atoms with Crippen molar-refractivity contribution in [2.24, 2.45) is 0 Å². The Labute approximate surface area is 108 Å². The lowest BCUT2D eigenvalue weighted by molar-refractivity contribution is -0.118. The Hall–Kier alpha value is -1.96. The van der Waals surface area contributed by atoms with E-state index in [1.54, 1.807) is 12.4 Å². The number of carbonyl (C=O) groups excluding carboxylic acids is 1. The third-order valence-corrected chi connectivity index (χ3v) is 2.93. The number of rotatable bonds is 5. The first-order valence-electron chi connectivity index (χ1n) is 6.20. The number of aryl methyl sites for hydroxylation is 2. The molecule has 1 aromatic heterocycles. The molecule has 0 aliphatic carbocycles. The monoisotopic (exact) mass is 239 g/mol. The van der Waals surface area contributed by atoms with Crippen LogP contribution in [0.5, 0.6) is 0 Å². The first-order chi connectivity index (χ1) is 8.74. The van der Waals surface area contributed by atoms with Crippen LogP contribution < -0.4 is 0 Å². The van der Waals surface area contributed by atoms with E-state index >= 15 is 0 Å². The molecule has 0 radical (unpaired) electrons. The highest BCUT2D eigenvalue weighted by Gasteiger charge is 2.04. The Morgan fingerprint density at radius 3 is 2.61 bits per heavy atom. The van der Waals surface area contributed by atoms with Crippen molar-refractivity contribution in [1.82, 2.24) is 4.98 Å². The molecule has 1 aromatic carbocycles. The number of hydrogen-bond donors (Lipinski definition) is 0. The number of hydrogen-bond acceptors (Lipinski definition) is 2. The van der Waals surface area contributed by atoms with Gasteiger partial charge in [-0.15, -0.1) is 0 Å². The normalized spacial score (nSPS) is 10.3. The van der Waals surface area contributed by atoms with Gasteiger partial charge in [0.2, 0.25) is 0 Å². The van der Waals surface area contributed by atoms with Gasteiger partial charge in [-0.25, -0.2) is 0 Å². The van der Waals surface area contributed by atoms with E-state index in [1.807, 2.05) is 37.3 Å². The largest absolute Gasteiger partial charge is 0.299 e. The molecular formula is C16H17NO. The molecule has 0 amide bonds. The summed E-state index contributed by atoms with van der Waals surface area (Å²) >= 11 is 0. The van der Waals surface area contributed by atoms with Gasteiger partial charge in [0.15, 0.2) is 0 Å². The average Bonchev–Trinajstić information content (AvgIpc) is 2.38. The third-order valence-electron chi connectivity index (χ3n) is 2.93. The first kappa shape index (κ1) is 12.5. The third kappa shape index (κ3) is 3.81. The Morgan fingerprint density at radius 2 is 1.89 bits per heavy atom. The van der Waals surface area contributed by atoms with Gasteiger partial charge in [0.25, 0.3) is 0 Å². The average molecular weight is 239 g/mol. The highest BCUT2D eigenvalue weighted by atomic mass is 16.1. The molecule has 0 aliphatic rings. The zero-order valence-electron chi connectivity index (χ0n) is 10.6. The summed E-state index contributed by atoms with van der Waals surface area (Å²) < 4.78 is 0. The van der Waals surface area contributed by atoms with Crippen LogP contribution in [0.15, 0.2) is 48.8 Å². The number of carbonyl (C=O) groups is 1. The number of Topliss-reactive ketones (excluding diaryl/α,β-unsaturated/α-hetero) is 1. The standard InChI is InChI=1S/C16H17NO/c1-13-3-2-4-15(11-13)12-16(18)6-5-14-7-9-17-10-8-14/h2-4,7-11H,5-6,12H2,1H3. The van der Waals surface area contributed by atoms with Gasteiger partial charge in [0, 0.05) is 25.2 Å². The molecule has 0 N–H and O–H groups in total. The first-order valence-corrected chi connectivity index (χ1v) is 6.20. The van der Waals surface area contributed by atoms with E-state index in [0.717, 1.165) is 12.0 Å². The Bertz CT molecular complexity index is 520. The van der Waals surface area contributed by atoms with E-state index in [2.05, 4.69) is 11.1 Å².